The molecule has 0 aliphatic carbocycles. The van der Waals surface area contributed by atoms with Gasteiger partial charge in [-0.05, 0) is 0 Å². The Bertz CT molecular complexity index is 1800. The summed E-state index contributed by atoms with van der Waals surface area (Å²) >= 11 is 0. The van der Waals surface area contributed by atoms with Crippen LogP contribution in [0.25, 0.3) is 0 Å². The molecule has 6 aromatic rings. The summed E-state index contributed by atoms with van der Waals surface area (Å²) in [5.41, 5.74) is 35.5. The van der Waals surface area contributed by atoms with Crippen molar-refractivity contribution in [2.75, 3.05) is 0 Å². The zero-order chi connectivity index (χ0) is 49.6. The Hall–Kier alpha value is -8.16. The predicted molar refractivity (Wildman–Crippen MR) is 227 cm³/mol. The van der Waals surface area contributed by atoms with Gasteiger partial charge in [0.25, 0.3) is 0 Å². The third kappa shape index (κ3) is 25.1. The molecule has 0 radical (unpaired) electrons. The Labute approximate surface area is 373 Å². The normalized spacial score (nSPS) is 12.8. The minimum atomic E-state index is -1.01. The average molecular weight is 931 g/mol. The van der Waals surface area contributed by atoms with Crippen molar-refractivity contribution in [3.05, 3.63) is 109 Å². The number of hydrogen-bond acceptors (Lipinski definition) is 18. The zero-order valence-corrected chi connectivity index (χ0v) is 34.9. The third-order valence-corrected chi connectivity index (χ3v) is 7.81. The number of nitrogens with zero attached hydrogens (tertiary/aromatic N) is 6. The van der Waals surface area contributed by atoms with E-state index in [1.54, 1.807) is 37.2 Å². The van der Waals surface area contributed by atoms with Gasteiger partial charge < -0.3 is 94.9 Å². The maximum atomic E-state index is 10.3. The van der Waals surface area contributed by atoms with Gasteiger partial charge in [0, 0.05) is 75.7 Å². The minimum Gasteiger partial charge on any atom is -0.480 e. The number of imidazole rings is 6. The molecule has 0 aliphatic rings. The van der Waals surface area contributed by atoms with Crippen molar-refractivity contribution in [3.8, 4) is 0 Å². The van der Waals surface area contributed by atoms with Crippen LogP contribution in [0.5, 0.6) is 0 Å². The topological polar surface area (TPSA) is 552 Å². The van der Waals surface area contributed by atoms with Crippen LogP contribution < -0.4 is 34.4 Å². The van der Waals surface area contributed by atoms with Crippen molar-refractivity contribution in [1.82, 2.24) is 59.8 Å². The first-order chi connectivity index (χ1) is 31.2. The summed E-state index contributed by atoms with van der Waals surface area (Å²) in [6.07, 6.45) is 20.3. The van der Waals surface area contributed by atoms with Crippen molar-refractivity contribution < 1.29 is 59.4 Å². The van der Waals surface area contributed by atoms with Crippen molar-refractivity contribution in [2.24, 2.45) is 34.4 Å². The molecule has 0 spiro atoms. The standard InChI is InChI=1S/6C6H9N3O2/c6*7-5(6(10)11)1-4-2-8-3-9-4/h6*2-3,5H,1,7H2,(H,8,9)(H,10,11). The Morgan fingerprint density at radius 1 is 0.318 bits per heavy atom. The van der Waals surface area contributed by atoms with Gasteiger partial charge in [-0.2, -0.15) is 0 Å². The summed E-state index contributed by atoms with van der Waals surface area (Å²) in [6.45, 7) is 0. The van der Waals surface area contributed by atoms with E-state index in [0.29, 0.717) is 34.2 Å². The lowest BCUT2D eigenvalue weighted by Crippen LogP contribution is -2.32. The van der Waals surface area contributed by atoms with Gasteiger partial charge in [-0.3, -0.25) is 28.8 Å². The van der Waals surface area contributed by atoms with Crippen LogP contribution in [0, 0.1) is 0 Å². The van der Waals surface area contributed by atoms with E-state index >= 15 is 0 Å². The molecule has 30 heteroatoms. The van der Waals surface area contributed by atoms with Gasteiger partial charge >= 0.3 is 35.8 Å². The fourth-order valence-corrected chi connectivity index (χ4v) is 4.29. The number of aromatic amines is 6. The second-order valence-corrected chi connectivity index (χ2v) is 13.3. The van der Waals surface area contributed by atoms with E-state index in [0.717, 1.165) is 0 Å². The Kier molecular flexibility index (Phi) is 26.1. The maximum Gasteiger partial charge on any atom is 0.320 e. The van der Waals surface area contributed by atoms with E-state index in [1.807, 2.05) is 0 Å². The number of carbonyl (C=O) groups is 6. The summed E-state index contributed by atoms with van der Waals surface area (Å²) in [4.78, 5) is 101. The molecule has 360 valence electrons. The van der Waals surface area contributed by atoms with Crippen molar-refractivity contribution in [2.45, 2.75) is 74.8 Å². The molecule has 6 aromatic heterocycles. The van der Waals surface area contributed by atoms with Gasteiger partial charge in [0.05, 0.1) is 72.1 Å². The number of aliphatic carboxylic acids is 6. The van der Waals surface area contributed by atoms with E-state index in [2.05, 4.69) is 59.8 Å². The average Bonchev–Trinajstić information content (AvgIpc) is 4.11. The Morgan fingerprint density at radius 2 is 0.439 bits per heavy atom. The van der Waals surface area contributed by atoms with Crippen LogP contribution in [0.3, 0.4) is 0 Å². The number of carboxylic acids is 6. The van der Waals surface area contributed by atoms with Crippen LogP contribution in [0.15, 0.2) is 75.1 Å². The fourth-order valence-electron chi connectivity index (χ4n) is 4.29. The van der Waals surface area contributed by atoms with Crippen LogP contribution in [0.1, 0.15) is 34.2 Å². The maximum absolute atomic E-state index is 10.3. The summed E-state index contributed by atoms with van der Waals surface area (Å²) in [5.74, 6) is -6.04. The lowest BCUT2D eigenvalue weighted by molar-refractivity contribution is -0.139. The highest BCUT2D eigenvalue weighted by Gasteiger charge is 2.16. The molecule has 0 amide bonds. The number of hydrogen-bond donors (Lipinski definition) is 18. The quantitative estimate of drug-likeness (QED) is 0.0393. The molecule has 0 bridgehead atoms. The number of nitrogens with one attached hydrogen (secondary N) is 6. The number of H-pyrrole nitrogens is 6. The van der Waals surface area contributed by atoms with Gasteiger partial charge in [0.2, 0.25) is 0 Å². The minimum absolute atomic E-state index is 0.263. The van der Waals surface area contributed by atoms with Crippen molar-refractivity contribution in [1.29, 1.82) is 0 Å². The highest BCUT2D eigenvalue weighted by atomic mass is 16.4. The molecule has 6 atom stereocenters. The molecule has 6 rings (SSSR count). The summed E-state index contributed by atoms with van der Waals surface area (Å²) in [5, 5.41) is 50.5. The van der Waals surface area contributed by atoms with Gasteiger partial charge in [0.15, 0.2) is 0 Å². The van der Waals surface area contributed by atoms with E-state index in [9.17, 15) is 28.8 Å². The largest absolute Gasteiger partial charge is 0.480 e. The first-order valence-corrected chi connectivity index (χ1v) is 19.0. The highest BCUT2D eigenvalue weighted by molar-refractivity contribution is 5.75. The molecule has 0 aliphatic heterocycles. The van der Waals surface area contributed by atoms with Crippen LogP contribution in [0.4, 0.5) is 0 Å². The Morgan fingerprint density at radius 3 is 0.515 bits per heavy atom. The summed E-state index contributed by atoms with van der Waals surface area (Å²) < 4.78 is 0. The van der Waals surface area contributed by atoms with Gasteiger partial charge in [-0.1, -0.05) is 0 Å². The fraction of sp³-hybridized carbons (Fsp3) is 0.333. The lowest BCUT2D eigenvalue weighted by Gasteiger charge is -2.01. The molecule has 24 N–H and O–H groups in total. The van der Waals surface area contributed by atoms with Crippen LogP contribution in [-0.4, -0.2) is 163 Å². The molecular formula is C36H54N18O12. The number of carboxylic acid groups (broad SMARTS) is 6. The molecule has 6 unspecified atom stereocenters. The van der Waals surface area contributed by atoms with Gasteiger partial charge in [-0.15, -0.1) is 0 Å². The van der Waals surface area contributed by atoms with E-state index in [1.165, 1.54) is 38.0 Å². The third-order valence-electron chi connectivity index (χ3n) is 7.81. The number of rotatable bonds is 18. The smallest absolute Gasteiger partial charge is 0.320 e. The lowest BCUT2D eigenvalue weighted by atomic mass is 10.2. The molecule has 0 saturated carbocycles. The van der Waals surface area contributed by atoms with Gasteiger partial charge in [-0.25, -0.2) is 29.9 Å². The van der Waals surface area contributed by atoms with Crippen LogP contribution >= 0.6 is 0 Å². The SMILES string of the molecule is NC(Cc1c[nH]cn1)C(=O)O.NC(Cc1c[nH]cn1)C(=O)O.NC(Cc1c[nH]cn1)C(=O)O.NC(Cc1c[nH]cn1)C(=O)O.NC(Cc1c[nH]cn1)C(=O)O.NC(Cc1c[nH]cn1)C(=O)O. The summed E-state index contributed by atoms with van der Waals surface area (Å²) in [6, 6.07) is -5.18. The molecule has 0 saturated heterocycles. The predicted octanol–water partition coefficient (Wildman–Crippen LogP) is -3.82. The van der Waals surface area contributed by atoms with Gasteiger partial charge in [0.1, 0.15) is 36.3 Å². The monoisotopic (exact) mass is 930 g/mol. The first-order valence-electron chi connectivity index (χ1n) is 19.0. The molecule has 30 nitrogen and oxygen atoms in total. The second-order valence-electron chi connectivity index (χ2n) is 13.3. The second kappa shape index (κ2) is 30.8. The zero-order valence-electron chi connectivity index (χ0n) is 34.9. The molecule has 6 heterocycles. The first kappa shape index (κ1) is 55.9. The van der Waals surface area contributed by atoms with E-state index < -0.39 is 72.1 Å². The molecule has 0 fully saturated rings. The highest BCUT2D eigenvalue weighted by Crippen LogP contribution is 1.99. The molecular weight excluding hydrogens is 877 g/mol. The van der Waals surface area contributed by atoms with Crippen molar-refractivity contribution in [3.63, 3.8) is 0 Å². The molecule has 66 heavy (non-hydrogen) atoms. The van der Waals surface area contributed by atoms with Crippen LogP contribution in [0.2, 0.25) is 0 Å². The van der Waals surface area contributed by atoms with E-state index in [-0.39, 0.29) is 38.5 Å². The Balaban J connectivity index is 0.000000396. The van der Waals surface area contributed by atoms with Crippen LogP contribution in [-0.2, 0) is 67.3 Å². The van der Waals surface area contributed by atoms with Crippen molar-refractivity contribution >= 4 is 35.8 Å². The molecule has 0 aromatic carbocycles. The van der Waals surface area contributed by atoms with E-state index in [4.69, 9.17) is 65.0 Å². The number of nitrogens with two attached hydrogens (primary N) is 6. The summed E-state index contributed by atoms with van der Waals surface area (Å²) in [7, 11) is 0. The number of aromatic nitrogens is 12.